The van der Waals surface area contributed by atoms with Crippen LogP contribution in [0.1, 0.15) is 45.3 Å². The first-order valence-electron chi connectivity index (χ1n) is 7.32. The lowest BCUT2D eigenvalue weighted by Crippen LogP contribution is -2.28. The normalized spacial score (nSPS) is 16.1. The second kappa shape index (κ2) is 7.12. The van der Waals surface area contributed by atoms with Crippen molar-refractivity contribution in [3.05, 3.63) is 17.9 Å². The number of piperidine rings is 1. The second-order valence-electron chi connectivity index (χ2n) is 5.61. The highest BCUT2D eigenvalue weighted by Crippen LogP contribution is 2.21. The summed E-state index contributed by atoms with van der Waals surface area (Å²) in [7, 11) is 0. The fourth-order valence-corrected chi connectivity index (χ4v) is 2.28. The van der Waals surface area contributed by atoms with E-state index in [1.807, 2.05) is 26.0 Å². The molecule has 0 saturated carbocycles. The fourth-order valence-electron chi connectivity index (χ4n) is 2.28. The minimum absolute atomic E-state index is 0.0703. The molecule has 1 aliphatic heterocycles. The van der Waals surface area contributed by atoms with Gasteiger partial charge in [-0.25, -0.2) is 5.43 Å². The molecule has 1 aromatic rings. The summed E-state index contributed by atoms with van der Waals surface area (Å²) in [5.74, 6) is 1.81. The topological polar surface area (TPSA) is 57.8 Å². The van der Waals surface area contributed by atoms with Crippen LogP contribution in [-0.2, 0) is 4.79 Å². The molecule has 1 amide bonds. The van der Waals surface area contributed by atoms with Gasteiger partial charge in [0.15, 0.2) is 5.88 Å². The molecule has 1 aromatic heterocycles. The molecular formula is C15H23N3O2. The van der Waals surface area contributed by atoms with Crippen LogP contribution in [0.25, 0.3) is 0 Å². The number of carbonyl (C=O) groups is 1. The van der Waals surface area contributed by atoms with Gasteiger partial charge in [0.2, 0.25) is 5.91 Å². The van der Waals surface area contributed by atoms with Crippen LogP contribution in [0.2, 0.25) is 0 Å². The molecule has 0 aliphatic carbocycles. The van der Waals surface area contributed by atoms with E-state index in [0.29, 0.717) is 18.1 Å². The molecule has 1 N–H and O–H groups in total. The molecule has 1 fully saturated rings. The zero-order valence-electron chi connectivity index (χ0n) is 12.3. The van der Waals surface area contributed by atoms with E-state index in [1.54, 1.807) is 6.21 Å². The smallest absolute Gasteiger partial charge is 0.240 e. The van der Waals surface area contributed by atoms with Gasteiger partial charge >= 0.3 is 0 Å². The van der Waals surface area contributed by atoms with Crippen molar-refractivity contribution in [2.45, 2.75) is 39.5 Å². The van der Waals surface area contributed by atoms with E-state index in [2.05, 4.69) is 15.4 Å². The van der Waals surface area contributed by atoms with Gasteiger partial charge in [0.25, 0.3) is 0 Å². The SMILES string of the molecule is CC(C)CC(=O)N/N=C\c1ccc(N2CCCCC2)o1. The van der Waals surface area contributed by atoms with Gasteiger partial charge in [0.05, 0.1) is 6.21 Å². The van der Waals surface area contributed by atoms with Gasteiger partial charge in [-0.2, -0.15) is 5.10 Å². The molecule has 0 aromatic carbocycles. The third kappa shape index (κ3) is 4.40. The van der Waals surface area contributed by atoms with Gasteiger partial charge in [-0.05, 0) is 31.2 Å². The highest BCUT2D eigenvalue weighted by atomic mass is 16.4. The number of nitrogens with one attached hydrogen (secondary N) is 1. The molecule has 20 heavy (non-hydrogen) atoms. The van der Waals surface area contributed by atoms with Crippen LogP contribution < -0.4 is 10.3 Å². The third-order valence-electron chi connectivity index (χ3n) is 3.26. The van der Waals surface area contributed by atoms with Crippen LogP contribution in [0.3, 0.4) is 0 Å². The number of nitrogens with zero attached hydrogens (tertiary/aromatic N) is 2. The number of hydrazone groups is 1. The molecule has 2 rings (SSSR count). The monoisotopic (exact) mass is 277 g/mol. The van der Waals surface area contributed by atoms with Crippen LogP contribution in [0.15, 0.2) is 21.7 Å². The molecule has 1 aliphatic rings. The Morgan fingerprint density at radius 1 is 1.40 bits per heavy atom. The van der Waals surface area contributed by atoms with Gasteiger partial charge in [-0.1, -0.05) is 13.8 Å². The van der Waals surface area contributed by atoms with E-state index in [9.17, 15) is 4.79 Å². The Kier molecular flexibility index (Phi) is 5.21. The zero-order chi connectivity index (χ0) is 14.4. The lowest BCUT2D eigenvalue weighted by molar-refractivity contribution is -0.121. The highest BCUT2D eigenvalue weighted by Gasteiger charge is 2.13. The maximum absolute atomic E-state index is 11.4. The molecule has 0 radical (unpaired) electrons. The lowest BCUT2D eigenvalue weighted by atomic mass is 10.1. The van der Waals surface area contributed by atoms with Crippen molar-refractivity contribution in [3.63, 3.8) is 0 Å². The van der Waals surface area contributed by atoms with Crippen molar-refractivity contribution in [3.8, 4) is 0 Å². The maximum atomic E-state index is 11.4. The molecular weight excluding hydrogens is 254 g/mol. The third-order valence-corrected chi connectivity index (χ3v) is 3.26. The Morgan fingerprint density at radius 3 is 2.85 bits per heavy atom. The quantitative estimate of drug-likeness (QED) is 0.665. The van der Waals surface area contributed by atoms with Gasteiger partial charge in [0.1, 0.15) is 5.76 Å². The van der Waals surface area contributed by atoms with Gasteiger partial charge < -0.3 is 9.32 Å². The minimum atomic E-state index is -0.0703. The first-order chi connectivity index (χ1) is 9.65. The zero-order valence-corrected chi connectivity index (χ0v) is 12.3. The van der Waals surface area contributed by atoms with E-state index >= 15 is 0 Å². The average Bonchev–Trinajstić information content (AvgIpc) is 2.88. The number of hydrogen-bond acceptors (Lipinski definition) is 4. The Bertz CT molecular complexity index is 459. The van der Waals surface area contributed by atoms with Crippen molar-refractivity contribution in [1.29, 1.82) is 0 Å². The second-order valence-corrected chi connectivity index (χ2v) is 5.61. The average molecular weight is 277 g/mol. The van der Waals surface area contributed by atoms with Crippen molar-refractivity contribution < 1.29 is 9.21 Å². The predicted octanol–water partition coefficient (Wildman–Crippen LogP) is 2.77. The van der Waals surface area contributed by atoms with E-state index in [0.717, 1.165) is 19.0 Å². The first kappa shape index (κ1) is 14.6. The van der Waals surface area contributed by atoms with Crippen LogP contribution in [0, 0.1) is 5.92 Å². The number of carbonyl (C=O) groups excluding carboxylic acids is 1. The Labute approximate surface area is 120 Å². The molecule has 110 valence electrons. The Hall–Kier alpha value is -1.78. The standard InChI is InChI=1S/C15H23N3O2/c1-12(2)10-14(19)17-16-11-13-6-7-15(20-13)18-8-4-3-5-9-18/h6-7,11-12H,3-5,8-10H2,1-2H3,(H,17,19)/b16-11-. The summed E-state index contributed by atoms with van der Waals surface area (Å²) in [5.41, 5.74) is 2.51. The minimum Gasteiger partial charge on any atom is -0.440 e. The van der Waals surface area contributed by atoms with Crippen LogP contribution in [-0.4, -0.2) is 25.2 Å². The number of furan rings is 1. The molecule has 0 spiro atoms. The molecule has 5 heteroatoms. The summed E-state index contributed by atoms with van der Waals surface area (Å²) in [4.78, 5) is 13.7. The van der Waals surface area contributed by atoms with Crippen molar-refractivity contribution in [1.82, 2.24) is 5.43 Å². The van der Waals surface area contributed by atoms with E-state index in [4.69, 9.17) is 4.42 Å². The van der Waals surface area contributed by atoms with Gasteiger partial charge in [-0.3, -0.25) is 4.79 Å². The molecule has 2 heterocycles. The predicted molar refractivity (Wildman–Crippen MR) is 80.0 cm³/mol. The molecule has 1 saturated heterocycles. The van der Waals surface area contributed by atoms with Crippen molar-refractivity contribution in [2.24, 2.45) is 11.0 Å². The van der Waals surface area contributed by atoms with Crippen molar-refractivity contribution >= 4 is 18.0 Å². The van der Waals surface area contributed by atoms with Crippen LogP contribution in [0.5, 0.6) is 0 Å². The molecule has 0 atom stereocenters. The van der Waals surface area contributed by atoms with E-state index < -0.39 is 0 Å². The van der Waals surface area contributed by atoms with Gasteiger partial charge in [-0.15, -0.1) is 0 Å². The summed E-state index contributed by atoms with van der Waals surface area (Å²) in [6.45, 7) is 6.10. The van der Waals surface area contributed by atoms with Crippen molar-refractivity contribution in [2.75, 3.05) is 18.0 Å². The highest BCUT2D eigenvalue weighted by molar-refractivity contribution is 5.80. The summed E-state index contributed by atoms with van der Waals surface area (Å²) < 4.78 is 5.71. The maximum Gasteiger partial charge on any atom is 0.240 e. The summed E-state index contributed by atoms with van der Waals surface area (Å²) in [5, 5.41) is 3.92. The first-order valence-corrected chi connectivity index (χ1v) is 7.32. The number of hydrogen-bond donors (Lipinski definition) is 1. The fraction of sp³-hybridized carbons (Fsp3) is 0.600. The molecule has 5 nitrogen and oxygen atoms in total. The molecule has 0 bridgehead atoms. The largest absolute Gasteiger partial charge is 0.440 e. The summed E-state index contributed by atoms with van der Waals surface area (Å²) >= 11 is 0. The lowest BCUT2D eigenvalue weighted by Gasteiger charge is -2.25. The number of rotatable bonds is 5. The van der Waals surface area contributed by atoms with E-state index in [-0.39, 0.29) is 5.91 Å². The summed E-state index contributed by atoms with van der Waals surface area (Å²) in [6, 6.07) is 3.84. The summed E-state index contributed by atoms with van der Waals surface area (Å²) in [6.07, 6.45) is 5.76. The Morgan fingerprint density at radius 2 is 2.15 bits per heavy atom. The molecule has 0 unspecified atom stereocenters. The number of amides is 1. The van der Waals surface area contributed by atoms with Gasteiger partial charge in [0, 0.05) is 25.6 Å². The number of anilines is 1. The van der Waals surface area contributed by atoms with Crippen LogP contribution >= 0.6 is 0 Å². The van der Waals surface area contributed by atoms with Crippen LogP contribution in [0.4, 0.5) is 5.88 Å². The van der Waals surface area contributed by atoms with E-state index in [1.165, 1.54) is 19.3 Å². The Balaban J connectivity index is 1.84.